The number of thiazole rings is 1. The fraction of sp³-hybridized carbons (Fsp3) is 0.250. The van der Waals surface area contributed by atoms with Crippen LogP contribution in [0.5, 0.6) is 11.5 Å². The minimum Gasteiger partial charge on any atom is -0.493 e. The zero-order valence-electron chi connectivity index (χ0n) is 16.4. The van der Waals surface area contributed by atoms with Gasteiger partial charge in [-0.3, -0.25) is 9.59 Å². The predicted octanol–water partition coefficient (Wildman–Crippen LogP) is 3.36. The highest BCUT2D eigenvalue weighted by atomic mass is 32.2. The maximum absolute atomic E-state index is 12.7. The fourth-order valence-corrected chi connectivity index (χ4v) is 4.16. The van der Waals surface area contributed by atoms with Gasteiger partial charge >= 0.3 is 5.97 Å². The third-order valence-electron chi connectivity index (χ3n) is 4.24. The summed E-state index contributed by atoms with van der Waals surface area (Å²) < 4.78 is 18.0. The normalized spacial score (nSPS) is 11.5. The third kappa shape index (κ3) is 4.46. The number of methoxy groups -OCH3 is 3. The summed E-state index contributed by atoms with van der Waals surface area (Å²) in [5.74, 6) is 0.235. The molecule has 0 saturated carbocycles. The van der Waals surface area contributed by atoms with Crippen LogP contribution < -0.4 is 14.3 Å². The first-order valence-electron chi connectivity index (χ1n) is 8.56. The number of rotatable bonds is 6. The van der Waals surface area contributed by atoms with Crippen LogP contribution >= 0.6 is 23.1 Å². The van der Waals surface area contributed by atoms with Crippen LogP contribution in [0.3, 0.4) is 0 Å². The number of carbonyl (C=O) groups is 2. The van der Waals surface area contributed by atoms with Gasteiger partial charge in [-0.1, -0.05) is 11.3 Å². The first kappa shape index (κ1) is 20.9. The van der Waals surface area contributed by atoms with Crippen molar-refractivity contribution in [3.8, 4) is 11.5 Å². The molecule has 1 heterocycles. The second-order valence-corrected chi connectivity index (χ2v) is 7.76. The maximum atomic E-state index is 12.7. The molecule has 9 heteroatoms. The highest BCUT2D eigenvalue weighted by Crippen LogP contribution is 2.33. The van der Waals surface area contributed by atoms with Crippen LogP contribution in [0.2, 0.25) is 0 Å². The lowest BCUT2D eigenvalue weighted by molar-refractivity contribution is -0.141. The number of esters is 1. The van der Waals surface area contributed by atoms with Crippen LogP contribution in [0.4, 0.5) is 0 Å². The van der Waals surface area contributed by atoms with Gasteiger partial charge in [0.1, 0.15) is 6.54 Å². The van der Waals surface area contributed by atoms with Gasteiger partial charge in [-0.25, -0.2) is 0 Å². The molecule has 0 unspecified atom stereocenters. The summed E-state index contributed by atoms with van der Waals surface area (Å²) in [7, 11) is 4.40. The molecule has 0 aliphatic rings. The lowest BCUT2D eigenvalue weighted by Crippen LogP contribution is -2.22. The number of hydrogen-bond donors (Lipinski definition) is 0. The summed E-state index contributed by atoms with van der Waals surface area (Å²) in [6, 6.07) is 10.8. The molecule has 7 nitrogen and oxygen atoms in total. The van der Waals surface area contributed by atoms with Gasteiger partial charge in [0.05, 0.1) is 31.5 Å². The average Bonchev–Trinajstić information content (AvgIpc) is 3.08. The summed E-state index contributed by atoms with van der Waals surface area (Å²) in [6.07, 6.45) is 1.97. The Kier molecular flexibility index (Phi) is 6.60. The first-order valence-corrected chi connectivity index (χ1v) is 10.6. The summed E-state index contributed by atoms with van der Waals surface area (Å²) in [6.45, 7) is -0.0799. The van der Waals surface area contributed by atoms with Crippen molar-refractivity contribution in [2.45, 2.75) is 11.4 Å². The van der Waals surface area contributed by atoms with Crippen molar-refractivity contribution in [1.82, 2.24) is 4.57 Å². The van der Waals surface area contributed by atoms with E-state index in [0.717, 1.165) is 9.60 Å². The predicted molar refractivity (Wildman–Crippen MR) is 113 cm³/mol. The molecule has 3 rings (SSSR count). The molecule has 152 valence electrons. The van der Waals surface area contributed by atoms with Crippen LogP contribution in [-0.2, 0) is 16.1 Å². The van der Waals surface area contributed by atoms with Gasteiger partial charge in [-0.2, -0.15) is 4.99 Å². The molecule has 3 aromatic rings. The van der Waals surface area contributed by atoms with E-state index in [-0.39, 0.29) is 12.5 Å². The SMILES string of the molecule is COC(=O)Cn1c(=NC(=O)c2ccc(SC)cc2)sc2cc(OC)c(OC)cc21. The second kappa shape index (κ2) is 9.15. The van der Waals surface area contributed by atoms with E-state index < -0.39 is 5.97 Å². The Morgan fingerprint density at radius 2 is 1.72 bits per heavy atom. The number of hydrogen-bond acceptors (Lipinski definition) is 7. The molecular formula is C20H20N2O5S2. The minimum atomic E-state index is -0.447. The van der Waals surface area contributed by atoms with E-state index in [2.05, 4.69) is 4.99 Å². The second-order valence-electron chi connectivity index (χ2n) is 5.87. The summed E-state index contributed by atoms with van der Waals surface area (Å²) in [5, 5.41) is 0. The lowest BCUT2D eigenvalue weighted by Gasteiger charge is -2.09. The quantitative estimate of drug-likeness (QED) is 0.439. The molecule has 2 aromatic carbocycles. The van der Waals surface area contributed by atoms with Gasteiger partial charge in [0.15, 0.2) is 16.3 Å². The van der Waals surface area contributed by atoms with Crippen LogP contribution in [0, 0.1) is 0 Å². The molecule has 0 fully saturated rings. The largest absolute Gasteiger partial charge is 0.493 e. The number of nitrogens with zero attached hydrogens (tertiary/aromatic N) is 2. The summed E-state index contributed by atoms with van der Waals surface area (Å²) >= 11 is 2.88. The highest BCUT2D eigenvalue weighted by molar-refractivity contribution is 7.98. The highest BCUT2D eigenvalue weighted by Gasteiger charge is 2.16. The molecule has 29 heavy (non-hydrogen) atoms. The van der Waals surface area contributed by atoms with Gasteiger partial charge in [0.2, 0.25) is 0 Å². The van der Waals surface area contributed by atoms with Crippen LogP contribution in [0.15, 0.2) is 46.3 Å². The van der Waals surface area contributed by atoms with Gasteiger partial charge in [0, 0.05) is 22.6 Å². The van der Waals surface area contributed by atoms with E-state index in [1.807, 2.05) is 18.4 Å². The first-order chi connectivity index (χ1) is 14.0. The van der Waals surface area contributed by atoms with Crippen LogP contribution in [0.25, 0.3) is 10.2 Å². The number of ether oxygens (including phenoxy) is 3. The van der Waals surface area contributed by atoms with Crippen molar-refractivity contribution in [1.29, 1.82) is 0 Å². The van der Waals surface area contributed by atoms with E-state index in [4.69, 9.17) is 14.2 Å². The topological polar surface area (TPSA) is 79.1 Å². The molecule has 0 spiro atoms. The number of amides is 1. The van der Waals surface area contributed by atoms with Crippen molar-refractivity contribution in [2.75, 3.05) is 27.6 Å². The molecule has 0 aliphatic carbocycles. The van der Waals surface area contributed by atoms with E-state index in [0.29, 0.717) is 27.4 Å². The number of fused-ring (bicyclic) bond motifs is 1. The zero-order chi connectivity index (χ0) is 21.0. The Balaban J connectivity index is 2.15. The molecule has 0 aliphatic heterocycles. The summed E-state index contributed by atoms with van der Waals surface area (Å²) in [5.41, 5.74) is 1.17. The molecule has 0 bridgehead atoms. The van der Waals surface area contributed by atoms with E-state index in [9.17, 15) is 9.59 Å². The molecule has 0 radical (unpaired) electrons. The molecule has 1 aromatic heterocycles. The van der Waals surface area contributed by atoms with Crippen molar-refractivity contribution >= 4 is 45.2 Å². The average molecular weight is 433 g/mol. The van der Waals surface area contributed by atoms with Crippen molar-refractivity contribution in [3.05, 3.63) is 46.8 Å². The Morgan fingerprint density at radius 3 is 2.31 bits per heavy atom. The fourth-order valence-electron chi connectivity index (χ4n) is 2.71. The number of benzene rings is 2. The smallest absolute Gasteiger partial charge is 0.325 e. The standard InChI is InChI=1S/C20H20N2O5S2/c1-25-15-9-14-17(10-16(15)26-2)29-20(22(14)11-18(23)27-3)21-19(24)12-5-7-13(28-4)8-6-12/h5-10H,11H2,1-4H3. The van der Waals surface area contributed by atoms with Gasteiger partial charge in [0.25, 0.3) is 5.91 Å². The Morgan fingerprint density at radius 1 is 1.07 bits per heavy atom. The Labute approximate surface area is 175 Å². The van der Waals surface area contributed by atoms with E-state index in [1.54, 1.807) is 47.7 Å². The number of thioether (sulfide) groups is 1. The Hall–Kier alpha value is -2.78. The van der Waals surface area contributed by atoms with E-state index in [1.165, 1.54) is 25.6 Å². The Bertz CT molecular complexity index is 1120. The van der Waals surface area contributed by atoms with Gasteiger partial charge in [-0.15, -0.1) is 11.8 Å². The van der Waals surface area contributed by atoms with Crippen molar-refractivity contribution < 1.29 is 23.8 Å². The maximum Gasteiger partial charge on any atom is 0.325 e. The number of carbonyl (C=O) groups excluding carboxylic acids is 2. The minimum absolute atomic E-state index is 0.0799. The molecular weight excluding hydrogens is 412 g/mol. The van der Waals surface area contributed by atoms with Crippen LogP contribution in [0.1, 0.15) is 10.4 Å². The molecule has 1 amide bonds. The van der Waals surface area contributed by atoms with Gasteiger partial charge < -0.3 is 18.8 Å². The number of aromatic nitrogens is 1. The summed E-state index contributed by atoms with van der Waals surface area (Å²) in [4.78, 5) is 30.4. The lowest BCUT2D eigenvalue weighted by atomic mass is 10.2. The monoisotopic (exact) mass is 432 g/mol. The molecule has 0 N–H and O–H groups in total. The molecule has 0 saturated heterocycles. The van der Waals surface area contributed by atoms with E-state index >= 15 is 0 Å². The third-order valence-corrected chi connectivity index (χ3v) is 6.02. The van der Waals surface area contributed by atoms with Crippen LogP contribution in [-0.4, -0.2) is 44.0 Å². The van der Waals surface area contributed by atoms with Crippen molar-refractivity contribution in [3.63, 3.8) is 0 Å². The molecule has 0 atom stereocenters. The zero-order valence-corrected chi connectivity index (χ0v) is 18.1. The van der Waals surface area contributed by atoms with Crippen molar-refractivity contribution in [2.24, 2.45) is 4.99 Å². The van der Waals surface area contributed by atoms with Gasteiger partial charge in [-0.05, 0) is 30.5 Å².